The van der Waals surface area contributed by atoms with Crippen molar-refractivity contribution in [2.45, 2.75) is 51.6 Å². The van der Waals surface area contributed by atoms with Crippen LogP contribution in [0.1, 0.15) is 46.0 Å². The molecule has 0 heterocycles. The van der Waals surface area contributed by atoms with E-state index in [9.17, 15) is 14.7 Å². The van der Waals surface area contributed by atoms with E-state index in [1.165, 1.54) is 6.92 Å². The third-order valence-electron chi connectivity index (χ3n) is 2.21. The second kappa shape index (κ2) is 7.22. The lowest BCUT2D eigenvalue weighted by molar-refractivity contribution is -0.142. The van der Waals surface area contributed by atoms with Gasteiger partial charge in [-0.25, -0.2) is 0 Å². The van der Waals surface area contributed by atoms with E-state index in [1.807, 2.05) is 0 Å². The number of rotatable bonds is 8. The van der Waals surface area contributed by atoms with Crippen LogP contribution in [0.4, 0.5) is 0 Å². The van der Waals surface area contributed by atoms with Gasteiger partial charge in [0.2, 0.25) is 5.91 Å². The van der Waals surface area contributed by atoms with E-state index in [0.29, 0.717) is 6.42 Å². The van der Waals surface area contributed by atoms with Gasteiger partial charge in [-0.3, -0.25) is 9.59 Å². The maximum Gasteiger partial charge on any atom is 0.306 e. The Labute approximate surface area is 95.9 Å². The van der Waals surface area contributed by atoms with Gasteiger partial charge in [0.25, 0.3) is 0 Å². The van der Waals surface area contributed by atoms with Crippen molar-refractivity contribution in [2.75, 3.05) is 6.54 Å². The zero-order valence-electron chi connectivity index (χ0n) is 9.95. The summed E-state index contributed by atoms with van der Waals surface area (Å²) in [5.41, 5.74) is -1.38. The van der Waals surface area contributed by atoms with Crippen LogP contribution in [-0.4, -0.2) is 34.2 Å². The predicted octanol–water partition coefficient (Wildman–Crippen LogP) is 0.909. The first-order valence-corrected chi connectivity index (χ1v) is 5.58. The fourth-order valence-electron chi connectivity index (χ4n) is 1.30. The molecule has 3 N–H and O–H groups in total. The van der Waals surface area contributed by atoms with E-state index in [-0.39, 0.29) is 18.9 Å². The van der Waals surface area contributed by atoms with Gasteiger partial charge in [0, 0.05) is 13.0 Å². The number of carbonyl (C=O) groups is 2. The summed E-state index contributed by atoms with van der Waals surface area (Å²) in [4.78, 5) is 21.7. The Hall–Kier alpha value is -1.10. The molecule has 5 heteroatoms. The van der Waals surface area contributed by atoms with Crippen LogP contribution in [0.25, 0.3) is 0 Å². The maximum absolute atomic E-state index is 11.3. The Balaban J connectivity index is 3.77. The normalized spacial score (nSPS) is 14.2. The molecule has 0 spiro atoms. The topological polar surface area (TPSA) is 86.6 Å². The van der Waals surface area contributed by atoms with E-state index >= 15 is 0 Å². The highest BCUT2D eigenvalue weighted by Crippen LogP contribution is 2.07. The average molecular weight is 231 g/mol. The smallest absolute Gasteiger partial charge is 0.306 e. The van der Waals surface area contributed by atoms with Crippen LogP contribution in [0.3, 0.4) is 0 Å². The van der Waals surface area contributed by atoms with Crippen LogP contribution in [-0.2, 0) is 9.59 Å². The minimum Gasteiger partial charge on any atom is -0.481 e. The number of nitrogens with one attached hydrogen (secondary N) is 1. The van der Waals surface area contributed by atoms with Crippen molar-refractivity contribution in [1.29, 1.82) is 0 Å². The average Bonchev–Trinajstić information content (AvgIpc) is 2.13. The monoisotopic (exact) mass is 231 g/mol. The van der Waals surface area contributed by atoms with Crippen molar-refractivity contribution in [3.8, 4) is 0 Å². The number of carboxylic acids is 1. The first kappa shape index (κ1) is 14.9. The first-order valence-electron chi connectivity index (χ1n) is 5.58. The van der Waals surface area contributed by atoms with E-state index in [2.05, 4.69) is 12.2 Å². The molecule has 0 aromatic carbocycles. The standard InChI is InChI=1S/C11H21NO4/c1-3-4-5-6-9(13)12-8-11(2,16)7-10(14)15/h16H,3-8H2,1-2H3,(H,12,13)(H,14,15). The van der Waals surface area contributed by atoms with Gasteiger partial charge < -0.3 is 15.5 Å². The second-order valence-electron chi connectivity index (χ2n) is 4.30. The molecule has 1 amide bonds. The fourth-order valence-corrected chi connectivity index (χ4v) is 1.30. The quantitative estimate of drug-likeness (QED) is 0.542. The molecule has 0 aliphatic rings. The third kappa shape index (κ3) is 8.23. The van der Waals surface area contributed by atoms with Crippen molar-refractivity contribution in [2.24, 2.45) is 0 Å². The van der Waals surface area contributed by atoms with Crippen LogP contribution in [0.5, 0.6) is 0 Å². The van der Waals surface area contributed by atoms with Crippen molar-refractivity contribution < 1.29 is 19.8 Å². The van der Waals surface area contributed by atoms with Crippen LogP contribution in [0.15, 0.2) is 0 Å². The molecule has 94 valence electrons. The lowest BCUT2D eigenvalue weighted by Crippen LogP contribution is -2.42. The van der Waals surface area contributed by atoms with E-state index in [1.54, 1.807) is 0 Å². The molecule has 1 unspecified atom stereocenters. The zero-order valence-corrected chi connectivity index (χ0v) is 9.95. The lowest BCUT2D eigenvalue weighted by Gasteiger charge is -2.21. The van der Waals surface area contributed by atoms with Crippen molar-refractivity contribution in [3.05, 3.63) is 0 Å². The van der Waals surface area contributed by atoms with Crippen molar-refractivity contribution in [3.63, 3.8) is 0 Å². The maximum atomic E-state index is 11.3. The SMILES string of the molecule is CCCCCC(=O)NCC(C)(O)CC(=O)O. The summed E-state index contributed by atoms with van der Waals surface area (Å²) < 4.78 is 0. The van der Waals surface area contributed by atoms with Crippen LogP contribution >= 0.6 is 0 Å². The fraction of sp³-hybridized carbons (Fsp3) is 0.818. The Morgan fingerprint density at radius 2 is 1.94 bits per heavy atom. The molecule has 0 saturated heterocycles. The van der Waals surface area contributed by atoms with E-state index < -0.39 is 11.6 Å². The molecule has 16 heavy (non-hydrogen) atoms. The van der Waals surface area contributed by atoms with Gasteiger partial charge in [0.1, 0.15) is 0 Å². The molecule has 0 aliphatic carbocycles. The minimum atomic E-state index is -1.38. The first-order chi connectivity index (χ1) is 7.37. The Morgan fingerprint density at radius 1 is 1.31 bits per heavy atom. The summed E-state index contributed by atoms with van der Waals surface area (Å²) in [6, 6.07) is 0. The van der Waals surface area contributed by atoms with Crippen molar-refractivity contribution >= 4 is 11.9 Å². The molecule has 0 aromatic heterocycles. The number of hydrogen-bond acceptors (Lipinski definition) is 3. The van der Waals surface area contributed by atoms with Gasteiger partial charge >= 0.3 is 5.97 Å². The van der Waals surface area contributed by atoms with Crippen LogP contribution in [0.2, 0.25) is 0 Å². The summed E-state index contributed by atoms with van der Waals surface area (Å²) in [6.07, 6.45) is 2.92. The summed E-state index contributed by atoms with van der Waals surface area (Å²) in [5, 5.41) is 20.7. The van der Waals surface area contributed by atoms with Gasteiger partial charge in [-0.2, -0.15) is 0 Å². The highest BCUT2D eigenvalue weighted by atomic mass is 16.4. The second-order valence-corrected chi connectivity index (χ2v) is 4.30. The van der Waals surface area contributed by atoms with Crippen LogP contribution in [0, 0.1) is 0 Å². The molecule has 0 rings (SSSR count). The molecule has 0 radical (unpaired) electrons. The molecule has 1 atom stereocenters. The molecule has 0 bridgehead atoms. The van der Waals surface area contributed by atoms with Gasteiger partial charge in [-0.05, 0) is 13.3 Å². The Morgan fingerprint density at radius 3 is 2.44 bits per heavy atom. The number of unbranched alkanes of at least 4 members (excludes halogenated alkanes) is 2. The van der Waals surface area contributed by atoms with Crippen molar-refractivity contribution in [1.82, 2.24) is 5.32 Å². The number of amides is 1. The van der Waals surface area contributed by atoms with E-state index in [4.69, 9.17) is 5.11 Å². The van der Waals surface area contributed by atoms with Gasteiger partial charge in [-0.15, -0.1) is 0 Å². The Kier molecular flexibility index (Phi) is 6.72. The van der Waals surface area contributed by atoms with Crippen LogP contribution < -0.4 is 5.32 Å². The molecule has 0 fully saturated rings. The van der Waals surface area contributed by atoms with Gasteiger partial charge in [0.15, 0.2) is 0 Å². The van der Waals surface area contributed by atoms with Gasteiger partial charge in [0.05, 0.1) is 12.0 Å². The molecule has 0 saturated carbocycles. The lowest BCUT2D eigenvalue weighted by atomic mass is 10.0. The highest BCUT2D eigenvalue weighted by Gasteiger charge is 2.24. The summed E-state index contributed by atoms with van der Waals surface area (Å²) in [6.45, 7) is 3.42. The Bertz CT molecular complexity index is 238. The summed E-state index contributed by atoms with van der Waals surface area (Å²) >= 11 is 0. The molecular weight excluding hydrogens is 210 g/mol. The number of carboxylic acid groups (broad SMARTS) is 1. The highest BCUT2D eigenvalue weighted by molar-refractivity contribution is 5.76. The molecule has 0 aromatic rings. The molecule has 5 nitrogen and oxygen atoms in total. The molecule has 0 aliphatic heterocycles. The van der Waals surface area contributed by atoms with Gasteiger partial charge in [-0.1, -0.05) is 19.8 Å². The summed E-state index contributed by atoms with van der Waals surface area (Å²) in [5.74, 6) is -1.22. The largest absolute Gasteiger partial charge is 0.481 e. The molecular formula is C11H21NO4. The third-order valence-corrected chi connectivity index (χ3v) is 2.21. The number of aliphatic carboxylic acids is 1. The van der Waals surface area contributed by atoms with E-state index in [0.717, 1.165) is 19.3 Å². The zero-order chi connectivity index (χ0) is 12.6. The number of hydrogen-bond donors (Lipinski definition) is 3. The predicted molar refractivity (Wildman–Crippen MR) is 60.0 cm³/mol. The minimum absolute atomic E-state index is 0.0236. The number of aliphatic hydroxyl groups is 1. The number of carbonyl (C=O) groups excluding carboxylic acids is 1. The summed E-state index contributed by atoms with van der Waals surface area (Å²) in [7, 11) is 0.